The molecule has 0 unspecified atom stereocenters. The second-order valence-corrected chi connectivity index (χ2v) is 7.30. The zero-order chi connectivity index (χ0) is 23.3. The predicted molar refractivity (Wildman–Crippen MR) is 122 cm³/mol. The van der Waals surface area contributed by atoms with E-state index < -0.39 is 5.91 Å². The van der Waals surface area contributed by atoms with Gasteiger partial charge in [0.25, 0.3) is 5.91 Å². The topological polar surface area (TPSA) is 118 Å². The van der Waals surface area contributed by atoms with Crippen molar-refractivity contribution in [3.8, 4) is 11.5 Å². The van der Waals surface area contributed by atoms with Crippen LogP contribution in [-0.4, -0.2) is 44.2 Å². The first-order valence-electron chi connectivity index (χ1n) is 10.1. The highest BCUT2D eigenvalue weighted by atomic mass is 16.5. The number of anilines is 1. The molecule has 9 heteroatoms. The van der Waals surface area contributed by atoms with Crippen molar-refractivity contribution in [3.63, 3.8) is 0 Å². The van der Waals surface area contributed by atoms with E-state index in [1.807, 2.05) is 13.8 Å². The van der Waals surface area contributed by atoms with Gasteiger partial charge in [-0.05, 0) is 60.0 Å². The molecule has 0 aromatic heterocycles. The summed E-state index contributed by atoms with van der Waals surface area (Å²) in [6, 6.07) is 13.8. The average molecular weight is 441 g/mol. The van der Waals surface area contributed by atoms with E-state index in [0.29, 0.717) is 35.2 Å². The first-order chi connectivity index (χ1) is 15.4. The van der Waals surface area contributed by atoms with E-state index in [4.69, 9.17) is 9.47 Å². The number of nitrogens with zero attached hydrogens (tertiary/aromatic N) is 1. The van der Waals surface area contributed by atoms with Crippen LogP contribution in [0.2, 0.25) is 0 Å². The summed E-state index contributed by atoms with van der Waals surface area (Å²) in [5.41, 5.74) is 3.67. The lowest BCUT2D eigenvalue weighted by Gasteiger charge is -2.08. The Morgan fingerprint density at radius 3 is 2.22 bits per heavy atom. The van der Waals surface area contributed by atoms with Gasteiger partial charge in [0.2, 0.25) is 11.8 Å². The molecular formula is C23H28N4O5. The molecule has 0 aliphatic rings. The van der Waals surface area contributed by atoms with Crippen LogP contribution in [0.5, 0.6) is 11.5 Å². The Morgan fingerprint density at radius 2 is 1.59 bits per heavy atom. The van der Waals surface area contributed by atoms with Crippen LogP contribution in [0.1, 0.15) is 25.8 Å². The Kier molecular flexibility index (Phi) is 9.70. The zero-order valence-electron chi connectivity index (χ0n) is 18.4. The molecule has 2 aromatic carbocycles. The maximum absolute atomic E-state index is 12.0. The fraction of sp³-hybridized carbons (Fsp3) is 0.304. The van der Waals surface area contributed by atoms with Gasteiger partial charge in [-0.15, -0.1) is 0 Å². The smallest absolute Gasteiger partial charge is 0.262 e. The summed E-state index contributed by atoms with van der Waals surface area (Å²) < 4.78 is 10.5. The van der Waals surface area contributed by atoms with Crippen molar-refractivity contribution < 1.29 is 23.9 Å². The molecule has 0 spiro atoms. The Hall–Kier alpha value is -3.88. The van der Waals surface area contributed by atoms with Gasteiger partial charge >= 0.3 is 0 Å². The fourth-order valence-corrected chi connectivity index (χ4v) is 2.42. The van der Waals surface area contributed by atoms with Gasteiger partial charge in [-0.25, -0.2) is 5.43 Å². The molecule has 32 heavy (non-hydrogen) atoms. The third kappa shape index (κ3) is 9.29. The van der Waals surface area contributed by atoms with Gasteiger partial charge in [-0.2, -0.15) is 5.10 Å². The normalized spacial score (nSPS) is 10.6. The quantitative estimate of drug-likeness (QED) is 0.282. The Bertz CT molecular complexity index is 924. The van der Waals surface area contributed by atoms with Crippen molar-refractivity contribution in [3.05, 3.63) is 54.1 Å². The first-order valence-corrected chi connectivity index (χ1v) is 10.1. The van der Waals surface area contributed by atoms with E-state index in [0.717, 1.165) is 0 Å². The number of rotatable bonds is 11. The molecule has 2 rings (SSSR count). The third-order valence-corrected chi connectivity index (χ3v) is 4.06. The molecule has 0 heterocycles. The molecule has 3 N–H and O–H groups in total. The number of amides is 3. The molecule has 2 aromatic rings. The minimum Gasteiger partial charge on any atom is -0.497 e. The SMILES string of the molecule is COc1ccc(NC(=O)COc2ccc(/C=N/NC(=O)CC(=O)NCC(C)C)cc2)cc1. The molecule has 0 saturated carbocycles. The summed E-state index contributed by atoms with van der Waals surface area (Å²) >= 11 is 0. The molecule has 0 aliphatic carbocycles. The van der Waals surface area contributed by atoms with Crippen molar-refractivity contribution in [1.29, 1.82) is 0 Å². The number of hydrogen-bond donors (Lipinski definition) is 3. The molecule has 0 fully saturated rings. The van der Waals surface area contributed by atoms with Crippen LogP contribution in [0.15, 0.2) is 53.6 Å². The monoisotopic (exact) mass is 440 g/mol. The van der Waals surface area contributed by atoms with Crippen LogP contribution < -0.4 is 25.5 Å². The molecule has 0 bridgehead atoms. The number of ether oxygens (including phenoxy) is 2. The summed E-state index contributed by atoms with van der Waals surface area (Å²) in [7, 11) is 1.57. The molecule has 0 saturated heterocycles. The lowest BCUT2D eigenvalue weighted by atomic mass is 10.2. The number of hydrogen-bond acceptors (Lipinski definition) is 6. The van der Waals surface area contributed by atoms with E-state index in [9.17, 15) is 14.4 Å². The van der Waals surface area contributed by atoms with Crippen molar-refractivity contribution in [2.75, 3.05) is 25.6 Å². The van der Waals surface area contributed by atoms with Gasteiger partial charge in [0.15, 0.2) is 6.61 Å². The maximum atomic E-state index is 12.0. The highest BCUT2D eigenvalue weighted by Gasteiger charge is 2.08. The van der Waals surface area contributed by atoms with E-state index in [-0.39, 0.29) is 24.8 Å². The van der Waals surface area contributed by atoms with Gasteiger partial charge < -0.3 is 20.1 Å². The van der Waals surface area contributed by atoms with E-state index in [1.54, 1.807) is 55.6 Å². The molecule has 170 valence electrons. The second-order valence-electron chi connectivity index (χ2n) is 7.30. The molecule has 0 radical (unpaired) electrons. The number of nitrogens with one attached hydrogen (secondary N) is 3. The Balaban J connectivity index is 1.72. The van der Waals surface area contributed by atoms with Gasteiger partial charge in [0.1, 0.15) is 17.9 Å². The molecule has 0 aliphatic heterocycles. The standard InChI is InChI=1S/C23H28N4O5/c1-16(2)13-24-21(28)12-22(29)27-25-14-17-4-8-20(9-5-17)32-15-23(30)26-18-6-10-19(31-3)11-7-18/h4-11,14,16H,12-13,15H2,1-3H3,(H,24,28)(H,26,30)(H,27,29)/b25-14+. The Morgan fingerprint density at radius 1 is 0.938 bits per heavy atom. The Labute approximate surface area is 187 Å². The summed E-state index contributed by atoms with van der Waals surface area (Å²) in [6.07, 6.45) is 1.17. The van der Waals surface area contributed by atoms with Crippen molar-refractivity contribution in [2.24, 2.45) is 11.0 Å². The van der Waals surface area contributed by atoms with Crippen molar-refractivity contribution in [1.82, 2.24) is 10.7 Å². The highest BCUT2D eigenvalue weighted by molar-refractivity contribution is 5.97. The van der Waals surface area contributed by atoms with Gasteiger partial charge in [-0.3, -0.25) is 14.4 Å². The van der Waals surface area contributed by atoms with Crippen molar-refractivity contribution >= 4 is 29.6 Å². The van der Waals surface area contributed by atoms with Crippen LogP contribution in [0, 0.1) is 5.92 Å². The predicted octanol–water partition coefficient (Wildman–Crippen LogP) is 2.33. The largest absolute Gasteiger partial charge is 0.497 e. The van der Waals surface area contributed by atoms with Crippen LogP contribution in [0.3, 0.4) is 0 Å². The number of methoxy groups -OCH3 is 1. The number of carbonyl (C=O) groups is 3. The zero-order valence-corrected chi connectivity index (χ0v) is 18.4. The van der Waals surface area contributed by atoms with E-state index >= 15 is 0 Å². The summed E-state index contributed by atoms with van der Waals surface area (Å²) in [4.78, 5) is 35.3. The van der Waals surface area contributed by atoms with Crippen LogP contribution in [-0.2, 0) is 14.4 Å². The van der Waals surface area contributed by atoms with Crippen LogP contribution in [0.4, 0.5) is 5.69 Å². The molecule has 3 amide bonds. The maximum Gasteiger partial charge on any atom is 0.262 e. The highest BCUT2D eigenvalue weighted by Crippen LogP contribution is 2.15. The van der Waals surface area contributed by atoms with E-state index in [2.05, 4.69) is 21.2 Å². The molecular weight excluding hydrogens is 412 g/mol. The molecule has 9 nitrogen and oxygen atoms in total. The van der Waals surface area contributed by atoms with Gasteiger partial charge in [0.05, 0.1) is 13.3 Å². The summed E-state index contributed by atoms with van der Waals surface area (Å²) in [6.45, 7) is 4.32. The average Bonchev–Trinajstić information content (AvgIpc) is 2.77. The van der Waals surface area contributed by atoms with Crippen LogP contribution in [0.25, 0.3) is 0 Å². The number of carbonyl (C=O) groups excluding carboxylic acids is 3. The minimum atomic E-state index is -0.495. The van der Waals surface area contributed by atoms with Crippen LogP contribution >= 0.6 is 0 Å². The summed E-state index contributed by atoms with van der Waals surface area (Å²) in [5, 5.41) is 9.23. The third-order valence-electron chi connectivity index (χ3n) is 4.06. The number of hydrazone groups is 1. The summed E-state index contributed by atoms with van der Waals surface area (Å²) in [5.74, 6) is 0.400. The lowest BCUT2D eigenvalue weighted by Crippen LogP contribution is -2.32. The van der Waals surface area contributed by atoms with E-state index in [1.165, 1.54) is 6.21 Å². The van der Waals surface area contributed by atoms with Crippen molar-refractivity contribution in [2.45, 2.75) is 20.3 Å². The fourth-order valence-electron chi connectivity index (χ4n) is 2.42. The minimum absolute atomic E-state index is 0.144. The van der Waals surface area contributed by atoms with Gasteiger partial charge in [-0.1, -0.05) is 13.8 Å². The number of benzene rings is 2. The first kappa shape index (κ1) is 24.4. The van der Waals surface area contributed by atoms with Gasteiger partial charge in [0, 0.05) is 12.2 Å². The lowest BCUT2D eigenvalue weighted by molar-refractivity contribution is -0.129. The second kappa shape index (κ2) is 12.7. The molecule has 0 atom stereocenters.